The van der Waals surface area contributed by atoms with Crippen molar-refractivity contribution in [1.82, 2.24) is 15.2 Å². The van der Waals surface area contributed by atoms with Crippen molar-refractivity contribution in [2.45, 2.75) is 32.7 Å². The van der Waals surface area contributed by atoms with Crippen LogP contribution in [-0.4, -0.2) is 30.1 Å². The molecule has 1 unspecified atom stereocenters. The first kappa shape index (κ1) is 13.1. The molecule has 1 aliphatic heterocycles. The van der Waals surface area contributed by atoms with Crippen molar-refractivity contribution >= 4 is 5.91 Å². The predicted molar refractivity (Wildman–Crippen MR) is 72.6 cm³/mol. The van der Waals surface area contributed by atoms with E-state index >= 15 is 0 Å². The van der Waals surface area contributed by atoms with Gasteiger partial charge in [-0.25, -0.2) is 0 Å². The molecule has 2 heterocycles. The van der Waals surface area contributed by atoms with Gasteiger partial charge in [-0.3, -0.25) is 4.79 Å². The molecule has 1 aromatic heterocycles. The van der Waals surface area contributed by atoms with E-state index in [-0.39, 0.29) is 5.91 Å². The van der Waals surface area contributed by atoms with E-state index in [1.54, 1.807) is 0 Å². The molecule has 1 saturated heterocycles. The highest BCUT2D eigenvalue weighted by molar-refractivity contribution is 5.92. The molecule has 18 heavy (non-hydrogen) atoms. The zero-order valence-electron chi connectivity index (χ0n) is 11.1. The van der Waals surface area contributed by atoms with Crippen LogP contribution in [0.3, 0.4) is 0 Å². The van der Waals surface area contributed by atoms with Crippen molar-refractivity contribution in [3.8, 4) is 0 Å². The molecule has 2 N–H and O–H groups in total. The van der Waals surface area contributed by atoms with E-state index in [1.807, 2.05) is 22.9 Å². The van der Waals surface area contributed by atoms with Gasteiger partial charge in [0.15, 0.2) is 0 Å². The molecule has 0 spiro atoms. The minimum absolute atomic E-state index is 0.0550. The van der Waals surface area contributed by atoms with E-state index in [9.17, 15) is 4.79 Å². The maximum atomic E-state index is 12.0. The Hall–Kier alpha value is -1.29. The molecule has 4 nitrogen and oxygen atoms in total. The molecule has 1 amide bonds. The number of rotatable bonds is 6. The second-order valence-electron chi connectivity index (χ2n) is 4.99. The maximum Gasteiger partial charge on any atom is 0.267 e. The highest BCUT2D eigenvalue weighted by Crippen LogP contribution is 2.11. The van der Waals surface area contributed by atoms with E-state index in [4.69, 9.17) is 0 Å². The molecular weight excluding hydrogens is 226 g/mol. The first-order chi connectivity index (χ1) is 8.81. The third-order valence-electron chi connectivity index (χ3n) is 3.53. The summed E-state index contributed by atoms with van der Waals surface area (Å²) >= 11 is 0. The van der Waals surface area contributed by atoms with Crippen LogP contribution in [-0.2, 0) is 6.54 Å². The number of aromatic nitrogens is 1. The molecule has 1 fully saturated rings. The third kappa shape index (κ3) is 3.35. The number of carbonyl (C=O) groups excluding carboxylic acids is 1. The van der Waals surface area contributed by atoms with Gasteiger partial charge in [0.25, 0.3) is 5.91 Å². The zero-order chi connectivity index (χ0) is 12.8. The van der Waals surface area contributed by atoms with Crippen LogP contribution in [0.4, 0.5) is 0 Å². The van der Waals surface area contributed by atoms with Crippen molar-refractivity contribution in [1.29, 1.82) is 0 Å². The first-order valence-electron chi connectivity index (χ1n) is 6.95. The van der Waals surface area contributed by atoms with Gasteiger partial charge in [-0.1, -0.05) is 6.92 Å². The number of hydrogen-bond donors (Lipinski definition) is 2. The lowest BCUT2D eigenvalue weighted by Crippen LogP contribution is -2.28. The average molecular weight is 249 g/mol. The summed E-state index contributed by atoms with van der Waals surface area (Å²) in [6.07, 6.45) is 5.33. The lowest BCUT2D eigenvalue weighted by molar-refractivity contribution is 0.0942. The molecule has 0 aromatic carbocycles. The van der Waals surface area contributed by atoms with Gasteiger partial charge < -0.3 is 15.2 Å². The van der Waals surface area contributed by atoms with Gasteiger partial charge in [-0.15, -0.1) is 0 Å². The fourth-order valence-electron chi connectivity index (χ4n) is 2.50. The molecule has 0 saturated carbocycles. The Bertz CT molecular complexity index is 380. The van der Waals surface area contributed by atoms with Gasteiger partial charge in [-0.05, 0) is 50.4 Å². The summed E-state index contributed by atoms with van der Waals surface area (Å²) in [5, 5.41) is 6.37. The topological polar surface area (TPSA) is 46.1 Å². The summed E-state index contributed by atoms with van der Waals surface area (Å²) in [6.45, 7) is 6.03. The quantitative estimate of drug-likeness (QED) is 0.805. The summed E-state index contributed by atoms with van der Waals surface area (Å²) in [5.74, 6) is 0.784. The average Bonchev–Trinajstić information content (AvgIpc) is 3.00. The minimum atomic E-state index is 0.0550. The van der Waals surface area contributed by atoms with E-state index in [2.05, 4.69) is 17.6 Å². The number of nitrogens with zero attached hydrogens (tertiary/aromatic N) is 1. The Balaban J connectivity index is 1.77. The summed E-state index contributed by atoms with van der Waals surface area (Å²) in [4.78, 5) is 12.0. The molecular formula is C14H23N3O. The van der Waals surface area contributed by atoms with Gasteiger partial charge in [0.2, 0.25) is 0 Å². The Morgan fingerprint density at radius 3 is 3.22 bits per heavy atom. The first-order valence-corrected chi connectivity index (χ1v) is 6.95. The standard InChI is InChI=1S/C14H23N3O/c1-2-9-17-10-3-4-13(17)14(18)16-8-6-12-5-7-15-11-12/h3-4,10,12,15H,2,5-9,11H2,1H3,(H,16,18). The van der Waals surface area contributed by atoms with Crippen LogP contribution >= 0.6 is 0 Å². The van der Waals surface area contributed by atoms with E-state index in [0.717, 1.165) is 50.6 Å². The van der Waals surface area contributed by atoms with E-state index in [1.165, 1.54) is 6.42 Å². The highest BCUT2D eigenvalue weighted by atomic mass is 16.1. The molecule has 100 valence electrons. The molecule has 1 atom stereocenters. The molecule has 0 bridgehead atoms. The molecule has 4 heteroatoms. The monoisotopic (exact) mass is 249 g/mol. The van der Waals surface area contributed by atoms with Crippen LogP contribution in [0.2, 0.25) is 0 Å². The molecule has 0 aliphatic carbocycles. The summed E-state index contributed by atoms with van der Waals surface area (Å²) in [7, 11) is 0. The molecule has 1 aliphatic rings. The summed E-state index contributed by atoms with van der Waals surface area (Å²) in [6, 6.07) is 3.83. The van der Waals surface area contributed by atoms with E-state index < -0.39 is 0 Å². The Morgan fingerprint density at radius 1 is 1.61 bits per heavy atom. The van der Waals surface area contributed by atoms with E-state index in [0.29, 0.717) is 0 Å². The number of nitrogens with one attached hydrogen (secondary N) is 2. The summed E-state index contributed by atoms with van der Waals surface area (Å²) in [5.41, 5.74) is 0.779. The van der Waals surface area contributed by atoms with Crippen molar-refractivity contribution in [2.24, 2.45) is 5.92 Å². The lowest BCUT2D eigenvalue weighted by atomic mass is 10.1. The van der Waals surface area contributed by atoms with Crippen molar-refractivity contribution in [3.05, 3.63) is 24.0 Å². The van der Waals surface area contributed by atoms with Crippen molar-refractivity contribution < 1.29 is 4.79 Å². The normalized spacial score (nSPS) is 19.1. The third-order valence-corrected chi connectivity index (χ3v) is 3.53. The number of carbonyl (C=O) groups is 1. The fraction of sp³-hybridized carbons (Fsp3) is 0.643. The molecule has 1 aromatic rings. The minimum Gasteiger partial charge on any atom is -0.351 e. The van der Waals surface area contributed by atoms with Gasteiger partial charge >= 0.3 is 0 Å². The lowest BCUT2D eigenvalue weighted by Gasteiger charge is -2.11. The Morgan fingerprint density at radius 2 is 2.50 bits per heavy atom. The number of amides is 1. The van der Waals surface area contributed by atoms with Crippen LogP contribution in [0.5, 0.6) is 0 Å². The van der Waals surface area contributed by atoms with Gasteiger partial charge in [0, 0.05) is 19.3 Å². The summed E-state index contributed by atoms with van der Waals surface area (Å²) < 4.78 is 2.02. The van der Waals surface area contributed by atoms with Gasteiger partial charge in [0.1, 0.15) is 5.69 Å². The highest BCUT2D eigenvalue weighted by Gasteiger charge is 2.15. The zero-order valence-corrected chi connectivity index (χ0v) is 11.1. The van der Waals surface area contributed by atoms with Gasteiger partial charge in [0.05, 0.1) is 0 Å². The molecule has 2 rings (SSSR count). The number of aryl methyl sites for hydroxylation is 1. The largest absolute Gasteiger partial charge is 0.351 e. The number of hydrogen-bond acceptors (Lipinski definition) is 2. The second kappa shape index (κ2) is 6.59. The van der Waals surface area contributed by atoms with Crippen LogP contribution in [0.15, 0.2) is 18.3 Å². The van der Waals surface area contributed by atoms with Crippen LogP contribution < -0.4 is 10.6 Å². The molecule has 0 radical (unpaired) electrons. The fourth-order valence-corrected chi connectivity index (χ4v) is 2.50. The van der Waals surface area contributed by atoms with Crippen molar-refractivity contribution in [2.75, 3.05) is 19.6 Å². The van der Waals surface area contributed by atoms with Crippen LogP contribution in [0.25, 0.3) is 0 Å². The Kier molecular flexibility index (Phi) is 4.81. The second-order valence-corrected chi connectivity index (χ2v) is 4.99. The van der Waals surface area contributed by atoms with Crippen LogP contribution in [0, 0.1) is 5.92 Å². The maximum absolute atomic E-state index is 12.0. The smallest absolute Gasteiger partial charge is 0.267 e. The SMILES string of the molecule is CCCn1cccc1C(=O)NCCC1CCNC1. The predicted octanol–water partition coefficient (Wildman–Crippen LogP) is 1.63. The van der Waals surface area contributed by atoms with Gasteiger partial charge in [-0.2, -0.15) is 0 Å². The van der Waals surface area contributed by atoms with Crippen molar-refractivity contribution in [3.63, 3.8) is 0 Å². The Labute approximate surface area is 109 Å². The van der Waals surface area contributed by atoms with Crippen LogP contribution in [0.1, 0.15) is 36.7 Å².